The zero-order valence-corrected chi connectivity index (χ0v) is 14.3. The Labute approximate surface area is 142 Å². The van der Waals surface area contributed by atoms with E-state index < -0.39 is 6.61 Å². The number of aliphatic hydroxyl groups is 2. The maximum Gasteiger partial charge on any atom is 0.248 e. The summed E-state index contributed by atoms with van der Waals surface area (Å²) in [5.74, 6) is 2.05. The molecule has 134 valence electrons. The van der Waals surface area contributed by atoms with E-state index in [9.17, 15) is 9.90 Å². The molecule has 2 saturated heterocycles. The van der Waals surface area contributed by atoms with Crippen molar-refractivity contribution in [2.24, 2.45) is 7.05 Å². The Morgan fingerprint density at radius 2 is 1.79 bits per heavy atom. The van der Waals surface area contributed by atoms with Crippen molar-refractivity contribution < 1.29 is 15.0 Å². The van der Waals surface area contributed by atoms with E-state index in [-0.39, 0.29) is 12.0 Å². The fourth-order valence-corrected chi connectivity index (χ4v) is 3.63. The van der Waals surface area contributed by atoms with Gasteiger partial charge in [-0.05, 0) is 25.7 Å². The molecule has 2 N–H and O–H groups in total. The van der Waals surface area contributed by atoms with Crippen molar-refractivity contribution in [2.75, 3.05) is 32.8 Å². The Kier molecular flexibility index (Phi) is 5.47. The third kappa shape index (κ3) is 3.76. The van der Waals surface area contributed by atoms with Gasteiger partial charge in [-0.3, -0.25) is 9.69 Å². The molecule has 3 rings (SSSR count). The zero-order chi connectivity index (χ0) is 17.1. The summed E-state index contributed by atoms with van der Waals surface area (Å²) in [6.07, 6.45) is 3.19. The highest BCUT2D eigenvalue weighted by atomic mass is 16.3. The molecule has 2 aliphatic rings. The molecule has 1 aromatic heterocycles. The number of rotatable bonds is 4. The summed E-state index contributed by atoms with van der Waals surface area (Å²) < 4.78 is 2.08. The van der Waals surface area contributed by atoms with Gasteiger partial charge in [0.15, 0.2) is 0 Å². The molecule has 2 fully saturated rings. The van der Waals surface area contributed by atoms with Crippen molar-refractivity contribution in [1.29, 1.82) is 0 Å². The molecule has 1 aromatic rings. The number of piperidine rings is 2. The minimum atomic E-state index is -0.413. The number of hydrogen-bond donors (Lipinski definition) is 2. The van der Waals surface area contributed by atoms with Crippen molar-refractivity contribution >= 4 is 5.91 Å². The molecule has 8 nitrogen and oxygen atoms in total. The van der Waals surface area contributed by atoms with Crippen LogP contribution in [0.1, 0.15) is 43.3 Å². The van der Waals surface area contributed by atoms with Gasteiger partial charge in [0.25, 0.3) is 0 Å². The summed E-state index contributed by atoms with van der Waals surface area (Å²) in [4.78, 5) is 15.6. The second kappa shape index (κ2) is 7.58. The maximum atomic E-state index is 11.5. The summed E-state index contributed by atoms with van der Waals surface area (Å²) in [5, 5.41) is 27.3. The largest absolute Gasteiger partial charge is 0.393 e. The molecule has 0 aliphatic carbocycles. The molecule has 0 saturated carbocycles. The number of likely N-dealkylation sites (tertiary alicyclic amines) is 2. The Balaban J connectivity index is 1.58. The highest BCUT2D eigenvalue weighted by Crippen LogP contribution is 2.27. The highest BCUT2D eigenvalue weighted by Gasteiger charge is 2.27. The third-order valence-corrected chi connectivity index (χ3v) is 5.27. The van der Waals surface area contributed by atoms with Crippen LogP contribution in [0.25, 0.3) is 0 Å². The van der Waals surface area contributed by atoms with Gasteiger partial charge in [0, 0.05) is 39.1 Å². The SMILES string of the molecule is Cn1c(CN2CCC(O)CC2)nnc1C1CCN(C(=O)CO)CC1. The molecule has 1 amide bonds. The van der Waals surface area contributed by atoms with Crippen LogP contribution >= 0.6 is 0 Å². The monoisotopic (exact) mass is 337 g/mol. The lowest BCUT2D eigenvalue weighted by Gasteiger charge is -2.31. The van der Waals surface area contributed by atoms with Crippen LogP contribution in [-0.4, -0.2) is 79.6 Å². The minimum Gasteiger partial charge on any atom is -0.393 e. The molecule has 0 radical (unpaired) electrons. The maximum absolute atomic E-state index is 11.5. The first-order chi connectivity index (χ1) is 11.6. The van der Waals surface area contributed by atoms with Gasteiger partial charge in [-0.15, -0.1) is 10.2 Å². The highest BCUT2D eigenvalue weighted by molar-refractivity contribution is 5.77. The van der Waals surface area contributed by atoms with Gasteiger partial charge in [0.1, 0.15) is 18.3 Å². The molecule has 2 aliphatic heterocycles. The molecule has 0 aromatic carbocycles. The van der Waals surface area contributed by atoms with Gasteiger partial charge >= 0.3 is 0 Å². The summed E-state index contributed by atoms with van der Waals surface area (Å²) in [6.45, 7) is 3.46. The number of aliphatic hydroxyl groups excluding tert-OH is 2. The van der Waals surface area contributed by atoms with Crippen LogP contribution in [0.5, 0.6) is 0 Å². The van der Waals surface area contributed by atoms with Crippen LogP contribution in [-0.2, 0) is 18.4 Å². The van der Waals surface area contributed by atoms with E-state index in [2.05, 4.69) is 19.7 Å². The number of carbonyl (C=O) groups is 1. The number of hydrogen-bond acceptors (Lipinski definition) is 6. The van der Waals surface area contributed by atoms with Crippen molar-refractivity contribution in [3.8, 4) is 0 Å². The molecular weight excluding hydrogens is 310 g/mol. The first kappa shape index (κ1) is 17.3. The van der Waals surface area contributed by atoms with Crippen LogP contribution in [0, 0.1) is 0 Å². The topological polar surface area (TPSA) is 94.7 Å². The smallest absolute Gasteiger partial charge is 0.248 e. The lowest BCUT2D eigenvalue weighted by Crippen LogP contribution is -2.39. The van der Waals surface area contributed by atoms with Gasteiger partial charge in [-0.2, -0.15) is 0 Å². The lowest BCUT2D eigenvalue weighted by molar-refractivity contribution is -0.135. The normalized spacial score (nSPS) is 21.4. The van der Waals surface area contributed by atoms with E-state index in [4.69, 9.17) is 5.11 Å². The van der Waals surface area contributed by atoms with Gasteiger partial charge < -0.3 is 19.7 Å². The average molecular weight is 337 g/mol. The van der Waals surface area contributed by atoms with Crippen molar-refractivity contribution in [1.82, 2.24) is 24.6 Å². The Morgan fingerprint density at radius 3 is 2.42 bits per heavy atom. The summed E-state index contributed by atoms with van der Waals surface area (Å²) in [5.41, 5.74) is 0. The van der Waals surface area contributed by atoms with E-state index in [1.807, 2.05) is 7.05 Å². The van der Waals surface area contributed by atoms with Crippen LogP contribution < -0.4 is 0 Å². The van der Waals surface area contributed by atoms with E-state index in [0.717, 1.165) is 57.0 Å². The van der Waals surface area contributed by atoms with Crippen LogP contribution in [0.4, 0.5) is 0 Å². The van der Waals surface area contributed by atoms with Crippen LogP contribution in [0.3, 0.4) is 0 Å². The fraction of sp³-hybridized carbons (Fsp3) is 0.812. The van der Waals surface area contributed by atoms with E-state index in [1.54, 1.807) is 4.90 Å². The number of amides is 1. The quantitative estimate of drug-likeness (QED) is 0.767. The van der Waals surface area contributed by atoms with Gasteiger partial charge in [0.05, 0.1) is 12.6 Å². The molecule has 8 heteroatoms. The molecule has 0 bridgehead atoms. The van der Waals surface area contributed by atoms with E-state index >= 15 is 0 Å². The minimum absolute atomic E-state index is 0.164. The van der Waals surface area contributed by atoms with Crippen molar-refractivity contribution in [3.63, 3.8) is 0 Å². The van der Waals surface area contributed by atoms with Crippen molar-refractivity contribution in [3.05, 3.63) is 11.6 Å². The second-order valence-corrected chi connectivity index (χ2v) is 6.85. The Morgan fingerprint density at radius 1 is 1.12 bits per heavy atom. The van der Waals surface area contributed by atoms with Gasteiger partial charge in [-0.25, -0.2) is 0 Å². The average Bonchev–Trinajstić information content (AvgIpc) is 2.97. The number of aromatic nitrogens is 3. The Hall–Kier alpha value is -1.51. The van der Waals surface area contributed by atoms with E-state index in [1.165, 1.54) is 0 Å². The number of carbonyl (C=O) groups excluding carboxylic acids is 1. The lowest BCUT2D eigenvalue weighted by atomic mass is 9.96. The van der Waals surface area contributed by atoms with Crippen LogP contribution in [0.15, 0.2) is 0 Å². The third-order valence-electron chi connectivity index (χ3n) is 5.27. The van der Waals surface area contributed by atoms with Crippen LogP contribution in [0.2, 0.25) is 0 Å². The zero-order valence-electron chi connectivity index (χ0n) is 14.3. The molecule has 0 unspecified atom stereocenters. The first-order valence-electron chi connectivity index (χ1n) is 8.75. The van der Waals surface area contributed by atoms with E-state index in [0.29, 0.717) is 19.0 Å². The van der Waals surface area contributed by atoms with Gasteiger partial charge in [-0.1, -0.05) is 0 Å². The number of nitrogens with zero attached hydrogens (tertiary/aromatic N) is 5. The molecule has 24 heavy (non-hydrogen) atoms. The predicted molar refractivity (Wildman–Crippen MR) is 87.2 cm³/mol. The molecule has 3 heterocycles. The first-order valence-corrected chi connectivity index (χ1v) is 8.75. The van der Waals surface area contributed by atoms with Gasteiger partial charge in [0.2, 0.25) is 5.91 Å². The summed E-state index contributed by atoms with van der Waals surface area (Å²) in [7, 11) is 2.01. The predicted octanol–water partition coefficient (Wildman–Crippen LogP) is -0.530. The molecular formula is C16H27N5O3. The second-order valence-electron chi connectivity index (χ2n) is 6.85. The fourth-order valence-electron chi connectivity index (χ4n) is 3.63. The Bertz CT molecular complexity index is 560. The van der Waals surface area contributed by atoms with Crippen molar-refractivity contribution in [2.45, 2.75) is 44.2 Å². The summed E-state index contributed by atoms with van der Waals surface area (Å²) in [6, 6.07) is 0. The standard InChI is InChI=1S/C16H27N5O3/c1-19-14(10-20-6-4-13(23)5-7-20)17-18-16(19)12-2-8-21(9-3-12)15(24)11-22/h12-13,22-23H,2-11H2,1H3. The molecule has 0 spiro atoms. The summed E-state index contributed by atoms with van der Waals surface area (Å²) >= 11 is 0. The molecule has 0 atom stereocenters.